The van der Waals surface area contributed by atoms with E-state index in [0.717, 1.165) is 6.08 Å². The summed E-state index contributed by atoms with van der Waals surface area (Å²) in [5.41, 5.74) is -0.0556. The third-order valence-corrected chi connectivity index (χ3v) is 1.09. The third kappa shape index (κ3) is 4.13. The van der Waals surface area contributed by atoms with Gasteiger partial charge in [0.25, 0.3) is 0 Å². The number of aliphatic carboxylic acids is 2. The van der Waals surface area contributed by atoms with Gasteiger partial charge in [0.2, 0.25) is 0 Å². The minimum absolute atomic E-state index is 0.0556. The summed E-state index contributed by atoms with van der Waals surface area (Å²) in [5.74, 6) is -2.37. The molecule has 0 aromatic rings. The average Bonchev–Trinajstić information content (AvgIpc) is 1.86. The second-order valence-corrected chi connectivity index (χ2v) is 2.06. The van der Waals surface area contributed by atoms with Crippen molar-refractivity contribution in [2.24, 2.45) is 0 Å². The van der Waals surface area contributed by atoms with Crippen LogP contribution in [0.25, 0.3) is 0 Å². The van der Waals surface area contributed by atoms with Crippen molar-refractivity contribution >= 4 is 11.9 Å². The maximum atomic E-state index is 10.3. The fourth-order valence-electron chi connectivity index (χ4n) is 0.659. The van der Waals surface area contributed by atoms with Gasteiger partial charge in [0.05, 0.1) is 0 Å². The van der Waals surface area contributed by atoms with E-state index < -0.39 is 11.9 Å². The highest BCUT2D eigenvalue weighted by atomic mass is 16.4. The van der Waals surface area contributed by atoms with Crippen LogP contribution in [0.15, 0.2) is 11.6 Å². The van der Waals surface area contributed by atoms with Crippen LogP contribution in [-0.4, -0.2) is 22.2 Å². The van der Waals surface area contributed by atoms with Crippen LogP contribution in [0.5, 0.6) is 0 Å². The van der Waals surface area contributed by atoms with Crippen molar-refractivity contribution in [1.29, 1.82) is 0 Å². The highest BCUT2D eigenvalue weighted by molar-refractivity contribution is 5.94. The zero-order valence-electron chi connectivity index (χ0n) is 6.20. The lowest BCUT2D eigenvalue weighted by Gasteiger charge is -1.95. The zero-order chi connectivity index (χ0) is 8.85. The van der Waals surface area contributed by atoms with Gasteiger partial charge in [-0.2, -0.15) is 0 Å². The van der Waals surface area contributed by atoms with Crippen molar-refractivity contribution in [2.45, 2.75) is 19.8 Å². The predicted octanol–water partition coefficient (Wildman–Crippen LogP) is 0.882. The van der Waals surface area contributed by atoms with Crippen molar-refractivity contribution in [1.82, 2.24) is 0 Å². The summed E-state index contributed by atoms with van der Waals surface area (Å²) in [6.07, 6.45) is 1.65. The molecule has 0 saturated carbocycles. The summed E-state index contributed by atoms with van der Waals surface area (Å²) in [7, 11) is 0. The molecule has 0 aromatic heterocycles. The van der Waals surface area contributed by atoms with E-state index in [4.69, 9.17) is 10.2 Å². The van der Waals surface area contributed by atoms with Crippen molar-refractivity contribution in [3.63, 3.8) is 0 Å². The molecule has 0 aliphatic carbocycles. The molecule has 0 amide bonds. The molecular formula is C7H10O4. The molecule has 0 unspecified atom stereocenters. The number of hydrogen-bond acceptors (Lipinski definition) is 2. The van der Waals surface area contributed by atoms with E-state index in [9.17, 15) is 9.59 Å². The molecule has 0 spiro atoms. The first-order chi connectivity index (χ1) is 5.07. The van der Waals surface area contributed by atoms with E-state index in [2.05, 4.69) is 0 Å². The zero-order valence-corrected chi connectivity index (χ0v) is 6.20. The summed E-state index contributed by atoms with van der Waals surface area (Å²) < 4.78 is 0. The molecule has 4 heteroatoms. The Labute approximate surface area is 64.2 Å². The van der Waals surface area contributed by atoms with Gasteiger partial charge in [-0.25, -0.2) is 9.59 Å². The number of hydrogen-bond donors (Lipinski definition) is 2. The Balaban J connectivity index is 4.32. The number of carboxylic acid groups (broad SMARTS) is 2. The van der Waals surface area contributed by atoms with Crippen LogP contribution in [0.3, 0.4) is 0 Å². The summed E-state index contributed by atoms with van der Waals surface area (Å²) >= 11 is 0. The van der Waals surface area contributed by atoms with E-state index in [1.807, 2.05) is 0 Å². The molecule has 0 saturated heterocycles. The molecule has 0 heterocycles. The molecule has 4 nitrogen and oxygen atoms in total. The Bertz CT molecular complexity index is 193. The second kappa shape index (κ2) is 4.49. The van der Waals surface area contributed by atoms with Gasteiger partial charge in [0, 0.05) is 11.6 Å². The highest BCUT2D eigenvalue weighted by Gasteiger charge is 2.07. The van der Waals surface area contributed by atoms with Gasteiger partial charge in [0.1, 0.15) is 0 Å². The van der Waals surface area contributed by atoms with Gasteiger partial charge in [-0.1, -0.05) is 13.3 Å². The molecule has 62 valence electrons. The Hall–Kier alpha value is -1.32. The molecule has 11 heavy (non-hydrogen) atoms. The Kier molecular flexibility index (Phi) is 3.95. The largest absolute Gasteiger partial charge is 0.478 e. The number of rotatable bonds is 4. The minimum atomic E-state index is -1.21. The first-order valence-electron chi connectivity index (χ1n) is 3.24. The SMILES string of the molecule is CCC/C(=C/C(=O)O)C(=O)O. The first-order valence-corrected chi connectivity index (χ1v) is 3.24. The monoisotopic (exact) mass is 158 g/mol. The van der Waals surface area contributed by atoms with Crippen LogP contribution in [0.2, 0.25) is 0 Å². The van der Waals surface area contributed by atoms with Gasteiger partial charge in [-0.05, 0) is 6.42 Å². The fourth-order valence-corrected chi connectivity index (χ4v) is 0.659. The molecule has 0 fully saturated rings. The van der Waals surface area contributed by atoms with E-state index in [0.29, 0.717) is 12.8 Å². The van der Waals surface area contributed by atoms with E-state index >= 15 is 0 Å². The third-order valence-electron chi connectivity index (χ3n) is 1.09. The standard InChI is InChI=1S/C7H10O4/c1-2-3-5(7(10)11)4-6(8)9/h4H,2-3H2,1H3,(H,8,9)(H,10,11)/b5-4-. The molecule has 0 bridgehead atoms. The molecule has 0 radical (unpaired) electrons. The molecular weight excluding hydrogens is 148 g/mol. The van der Waals surface area contributed by atoms with Crippen molar-refractivity contribution < 1.29 is 19.8 Å². The quantitative estimate of drug-likeness (QED) is 0.595. The Morgan fingerprint density at radius 3 is 2.18 bits per heavy atom. The van der Waals surface area contributed by atoms with Crippen LogP contribution in [-0.2, 0) is 9.59 Å². The van der Waals surface area contributed by atoms with Gasteiger partial charge in [-0.15, -0.1) is 0 Å². The van der Waals surface area contributed by atoms with Gasteiger partial charge < -0.3 is 10.2 Å². The van der Waals surface area contributed by atoms with Crippen LogP contribution in [0, 0.1) is 0 Å². The van der Waals surface area contributed by atoms with Gasteiger partial charge >= 0.3 is 11.9 Å². The summed E-state index contributed by atoms with van der Waals surface area (Å²) in [6, 6.07) is 0. The molecule has 0 aliphatic heterocycles. The van der Waals surface area contributed by atoms with Crippen LogP contribution in [0.4, 0.5) is 0 Å². The predicted molar refractivity (Wildman–Crippen MR) is 38.3 cm³/mol. The van der Waals surface area contributed by atoms with Crippen LogP contribution < -0.4 is 0 Å². The Morgan fingerprint density at radius 1 is 1.36 bits per heavy atom. The van der Waals surface area contributed by atoms with Crippen LogP contribution in [0.1, 0.15) is 19.8 Å². The summed E-state index contributed by atoms with van der Waals surface area (Å²) in [6.45, 7) is 1.79. The van der Waals surface area contributed by atoms with E-state index in [1.165, 1.54) is 0 Å². The van der Waals surface area contributed by atoms with E-state index in [1.54, 1.807) is 6.92 Å². The molecule has 0 atom stereocenters. The van der Waals surface area contributed by atoms with Crippen LogP contribution >= 0.6 is 0 Å². The molecule has 0 rings (SSSR count). The second-order valence-electron chi connectivity index (χ2n) is 2.06. The lowest BCUT2D eigenvalue weighted by molar-refractivity contribution is -0.135. The minimum Gasteiger partial charge on any atom is -0.478 e. The highest BCUT2D eigenvalue weighted by Crippen LogP contribution is 2.03. The normalized spacial score (nSPS) is 11.2. The van der Waals surface area contributed by atoms with Crippen molar-refractivity contribution in [3.8, 4) is 0 Å². The van der Waals surface area contributed by atoms with Crippen molar-refractivity contribution in [3.05, 3.63) is 11.6 Å². The topological polar surface area (TPSA) is 74.6 Å². The van der Waals surface area contributed by atoms with Crippen molar-refractivity contribution in [2.75, 3.05) is 0 Å². The maximum Gasteiger partial charge on any atom is 0.331 e. The van der Waals surface area contributed by atoms with Gasteiger partial charge in [-0.3, -0.25) is 0 Å². The maximum absolute atomic E-state index is 10.3. The summed E-state index contributed by atoms with van der Waals surface area (Å²) in [5, 5.41) is 16.6. The number of carboxylic acids is 2. The smallest absolute Gasteiger partial charge is 0.331 e. The first kappa shape index (κ1) is 9.68. The lowest BCUT2D eigenvalue weighted by atomic mass is 10.1. The summed E-state index contributed by atoms with van der Waals surface area (Å²) in [4.78, 5) is 20.3. The Morgan fingerprint density at radius 2 is 1.91 bits per heavy atom. The number of carbonyl (C=O) groups is 2. The van der Waals surface area contributed by atoms with Gasteiger partial charge in [0.15, 0.2) is 0 Å². The average molecular weight is 158 g/mol. The molecule has 0 aliphatic rings. The van der Waals surface area contributed by atoms with E-state index in [-0.39, 0.29) is 5.57 Å². The molecule has 0 aromatic carbocycles. The molecule has 2 N–H and O–H groups in total. The fraction of sp³-hybridized carbons (Fsp3) is 0.429. The lowest BCUT2D eigenvalue weighted by Crippen LogP contribution is -2.03.